The van der Waals surface area contributed by atoms with Gasteiger partial charge >= 0.3 is 0 Å². The minimum Gasteiger partial charge on any atom is -0.378 e. The van der Waals surface area contributed by atoms with Crippen LogP contribution in [0.25, 0.3) is 0 Å². The summed E-state index contributed by atoms with van der Waals surface area (Å²) in [6.07, 6.45) is 13.0. The molecule has 94 valence electrons. The van der Waals surface area contributed by atoms with Gasteiger partial charge in [-0.2, -0.15) is 0 Å². The first-order chi connectivity index (χ1) is 7.88. The summed E-state index contributed by atoms with van der Waals surface area (Å²) in [6.45, 7) is 1.04. The fourth-order valence-electron chi connectivity index (χ4n) is 3.06. The predicted octanol–water partition coefficient (Wildman–Crippen LogP) is 4.54. The molecule has 2 aliphatic rings. The van der Waals surface area contributed by atoms with Crippen LogP contribution in [0.15, 0.2) is 0 Å². The highest BCUT2D eigenvalue weighted by Gasteiger charge is 2.22. The van der Waals surface area contributed by atoms with E-state index in [2.05, 4.69) is 15.9 Å². The number of rotatable bonds is 4. The summed E-state index contributed by atoms with van der Waals surface area (Å²) in [5.74, 6) is 1.79. The minimum absolute atomic E-state index is 0.600. The lowest BCUT2D eigenvalue weighted by molar-refractivity contribution is -0.00108. The Labute approximate surface area is 108 Å². The van der Waals surface area contributed by atoms with Gasteiger partial charge in [0.1, 0.15) is 0 Å². The van der Waals surface area contributed by atoms with Crippen molar-refractivity contribution in [1.29, 1.82) is 0 Å². The number of alkyl halides is 1. The molecule has 16 heavy (non-hydrogen) atoms. The van der Waals surface area contributed by atoms with Crippen molar-refractivity contribution in [3.05, 3.63) is 0 Å². The smallest absolute Gasteiger partial charge is 0.0575 e. The molecule has 1 nitrogen and oxygen atoms in total. The fraction of sp³-hybridized carbons (Fsp3) is 1.00. The lowest BCUT2D eigenvalue weighted by Gasteiger charge is -2.29. The molecule has 0 atom stereocenters. The summed E-state index contributed by atoms with van der Waals surface area (Å²) in [4.78, 5) is 0. The van der Waals surface area contributed by atoms with Crippen LogP contribution in [0.5, 0.6) is 0 Å². The van der Waals surface area contributed by atoms with Crippen LogP contribution in [-0.4, -0.2) is 18.0 Å². The first-order valence-corrected chi connectivity index (χ1v) is 8.18. The molecule has 0 aliphatic heterocycles. The van der Waals surface area contributed by atoms with Gasteiger partial charge in [-0.15, -0.1) is 0 Å². The molecular formula is C14H25BrO. The largest absolute Gasteiger partial charge is 0.378 e. The second kappa shape index (κ2) is 7.00. The van der Waals surface area contributed by atoms with Crippen LogP contribution in [0.4, 0.5) is 0 Å². The van der Waals surface area contributed by atoms with E-state index in [9.17, 15) is 0 Å². The van der Waals surface area contributed by atoms with E-state index < -0.39 is 0 Å². The van der Waals surface area contributed by atoms with E-state index >= 15 is 0 Å². The molecule has 2 aliphatic carbocycles. The van der Waals surface area contributed by atoms with E-state index in [1.807, 2.05) is 0 Å². The second-order valence-electron chi connectivity index (χ2n) is 5.63. The average Bonchev–Trinajstić information content (AvgIpc) is 2.38. The van der Waals surface area contributed by atoms with Gasteiger partial charge in [0, 0.05) is 11.9 Å². The highest BCUT2D eigenvalue weighted by atomic mass is 79.9. The van der Waals surface area contributed by atoms with Crippen LogP contribution in [-0.2, 0) is 4.74 Å². The molecule has 2 heteroatoms. The van der Waals surface area contributed by atoms with Crippen molar-refractivity contribution < 1.29 is 4.74 Å². The molecule has 0 spiro atoms. The van der Waals surface area contributed by atoms with Gasteiger partial charge < -0.3 is 4.74 Å². The highest BCUT2D eigenvalue weighted by Crippen LogP contribution is 2.31. The molecule has 0 heterocycles. The van der Waals surface area contributed by atoms with Crippen LogP contribution in [0.3, 0.4) is 0 Å². The van der Waals surface area contributed by atoms with E-state index in [-0.39, 0.29) is 0 Å². The van der Waals surface area contributed by atoms with Gasteiger partial charge in [0.2, 0.25) is 0 Å². The molecule has 2 saturated carbocycles. The highest BCUT2D eigenvalue weighted by molar-refractivity contribution is 9.09. The number of ether oxygens (including phenoxy) is 1. The maximum atomic E-state index is 6.08. The molecule has 2 fully saturated rings. The quantitative estimate of drug-likeness (QED) is 0.690. The summed E-state index contributed by atoms with van der Waals surface area (Å²) in [7, 11) is 0. The van der Waals surface area contributed by atoms with E-state index in [0.717, 1.165) is 18.4 Å². The van der Waals surface area contributed by atoms with Gasteiger partial charge in [-0.3, -0.25) is 0 Å². The second-order valence-corrected chi connectivity index (χ2v) is 6.28. The first-order valence-electron chi connectivity index (χ1n) is 7.06. The zero-order chi connectivity index (χ0) is 11.2. The molecular weight excluding hydrogens is 264 g/mol. The van der Waals surface area contributed by atoms with Crippen LogP contribution < -0.4 is 0 Å². The number of hydrogen-bond acceptors (Lipinski definition) is 1. The molecule has 2 rings (SSSR count). The standard InChI is InChI=1S/C14H25BrO/c15-10-12-6-8-13(9-7-12)11-16-14-4-2-1-3-5-14/h12-14H,1-11H2. The third-order valence-corrected chi connectivity index (χ3v) is 5.22. The summed E-state index contributed by atoms with van der Waals surface area (Å²) in [6, 6.07) is 0. The lowest BCUT2D eigenvalue weighted by atomic mass is 9.83. The van der Waals surface area contributed by atoms with Crippen molar-refractivity contribution >= 4 is 15.9 Å². The van der Waals surface area contributed by atoms with Crippen LogP contribution >= 0.6 is 15.9 Å². The van der Waals surface area contributed by atoms with Crippen molar-refractivity contribution in [3.63, 3.8) is 0 Å². The first kappa shape index (κ1) is 12.9. The van der Waals surface area contributed by atoms with Gasteiger partial charge in [0.05, 0.1) is 6.10 Å². The van der Waals surface area contributed by atoms with E-state index in [0.29, 0.717) is 6.10 Å². The summed E-state index contributed by atoms with van der Waals surface area (Å²) in [5, 5.41) is 1.20. The number of hydrogen-bond donors (Lipinski definition) is 0. The summed E-state index contributed by atoms with van der Waals surface area (Å²) in [5.41, 5.74) is 0. The maximum absolute atomic E-state index is 6.08. The molecule has 0 amide bonds. The minimum atomic E-state index is 0.600. The monoisotopic (exact) mass is 288 g/mol. The van der Waals surface area contributed by atoms with Crippen molar-refractivity contribution in [1.82, 2.24) is 0 Å². The molecule has 0 aromatic heterocycles. The fourth-order valence-corrected chi connectivity index (χ4v) is 3.70. The summed E-state index contributed by atoms with van der Waals surface area (Å²) >= 11 is 3.60. The van der Waals surface area contributed by atoms with E-state index in [1.165, 1.54) is 63.1 Å². The Bertz CT molecular complexity index is 181. The van der Waals surface area contributed by atoms with Crippen molar-refractivity contribution in [2.75, 3.05) is 11.9 Å². The van der Waals surface area contributed by atoms with Gasteiger partial charge in [-0.25, -0.2) is 0 Å². The Kier molecular flexibility index (Phi) is 5.64. The van der Waals surface area contributed by atoms with Crippen molar-refractivity contribution in [2.45, 2.75) is 63.9 Å². The number of halogens is 1. The molecule has 0 bridgehead atoms. The van der Waals surface area contributed by atoms with Gasteiger partial charge in [-0.1, -0.05) is 35.2 Å². The molecule has 0 unspecified atom stereocenters. The Morgan fingerprint density at radius 1 is 0.812 bits per heavy atom. The Hall–Kier alpha value is 0.440. The van der Waals surface area contributed by atoms with E-state index in [1.54, 1.807) is 0 Å². The Balaban J connectivity index is 1.59. The summed E-state index contributed by atoms with van der Waals surface area (Å²) < 4.78 is 6.08. The molecule has 0 N–H and O–H groups in total. The SMILES string of the molecule is BrCC1CCC(COC2CCCCC2)CC1. The molecule has 0 aromatic rings. The molecule has 0 saturated heterocycles. The normalized spacial score (nSPS) is 32.8. The molecule has 0 radical (unpaired) electrons. The zero-order valence-corrected chi connectivity index (χ0v) is 11.9. The van der Waals surface area contributed by atoms with Gasteiger partial charge in [0.25, 0.3) is 0 Å². The third-order valence-electron chi connectivity index (χ3n) is 4.30. The Morgan fingerprint density at radius 3 is 2.06 bits per heavy atom. The maximum Gasteiger partial charge on any atom is 0.0575 e. The lowest BCUT2D eigenvalue weighted by Crippen LogP contribution is -2.24. The molecule has 0 aromatic carbocycles. The van der Waals surface area contributed by atoms with Crippen LogP contribution in [0, 0.1) is 11.8 Å². The topological polar surface area (TPSA) is 9.23 Å². The van der Waals surface area contributed by atoms with Crippen molar-refractivity contribution in [2.24, 2.45) is 11.8 Å². The predicted molar refractivity (Wildman–Crippen MR) is 72.1 cm³/mol. The Morgan fingerprint density at radius 2 is 1.44 bits per heavy atom. The zero-order valence-electron chi connectivity index (χ0n) is 10.3. The van der Waals surface area contributed by atoms with Gasteiger partial charge in [0.15, 0.2) is 0 Å². The van der Waals surface area contributed by atoms with Crippen LogP contribution in [0.1, 0.15) is 57.8 Å². The van der Waals surface area contributed by atoms with E-state index in [4.69, 9.17) is 4.74 Å². The average molecular weight is 289 g/mol. The van der Waals surface area contributed by atoms with Crippen molar-refractivity contribution in [3.8, 4) is 0 Å². The van der Waals surface area contributed by atoms with Gasteiger partial charge in [-0.05, 0) is 50.4 Å². The van der Waals surface area contributed by atoms with Crippen LogP contribution in [0.2, 0.25) is 0 Å². The third kappa shape index (κ3) is 4.03.